The number of hydrogen-bond acceptors (Lipinski definition) is 0. The zero-order valence-electron chi connectivity index (χ0n) is 18.0. The second kappa shape index (κ2) is 7.72. The van der Waals surface area contributed by atoms with E-state index in [4.69, 9.17) is 0 Å². The molecule has 0 fully saturated rings. The van der Waals surface area contributed by atoms with Crippen molar-refractivity contribution in [2.45, 2.75) is 21.5 Å². The third kappa shape index (κ3) is 2.73. The SMILES string of the molecule is C[Si]1(C)c2cccc3c2[CH]([Ti+2][CH]2c4ccccc4-c4cccc1c42)c1ccccc1-3.[Cl-].[Cl-]. The minimum absolute atomic E-state index is 0. The smallest absolute Gasteiger partial charge is 1.00 e. The van der Waals surface area contributed by atoms with E-state index in [0.717, 1.165) is 0 Å². The van der Waals surface area contributed by atoms with Crippen LogP contribution >= 0.6 is 0 Å². The van der Waals surface area contributed by atoms with Gasteiger partial charge in [-0.1, -0.05) is 0 Å². The Morgan fingerprint density at radius 3 is 1.41 bits per heavy atom. The molecular weight excluding hydrogens is 483 g/mol. The standard InChI is InChI=1S/C28H22Si.2ClH.Ti/c1-29(2,27-15-7-13-23-21-11-5-3-9-19(21)17-25(23)27)28-16-8-14-24-22-12-6-4-10-20(22)18-26(24)28;;;/h3-18H,1-2H3;2*1H;/q;;;+2/p-2. The van der Waals surface area contributed by atoms with Crippen molar-refractivity contribution in [3.05, 3.63) is 107 Å². The average molecular weight is 505 g/mol. The molecule has 0 saturated heterocycles. The maximum Gasteiger partial charge on any atom is -1.00 e. The summed E-state index contributed by atoms with van der Waals surface area (Å²) < 4.78 is 1.24. The van der Waals surface area contributed by atoms with Gasteiger partial charge in [-0.15, -0.1) is 0 Å². The van der Waals surface area contributed by atoms with Gasteiger partial charge in [0, 0.05) is 0 Å². The number of rotatable bonds is 0. The van der Waals surface area contributed by atoms with Gasteiger partial charge in [-0.2, -0.15) is 0 Å². The molecule has 3 aliphatic rings. The molecule has 156 valence electrons. The summed E-state index contributed by atoms with van der Waals surface area (Å²) in [5.74, 6) is 0. The molecule has 4 aromatic rings. The Morgan fingerprint density at radius 2 is 0.938 bits per heavy atom. The topological polar surface area (TPSA) is 0 Å². The Bertz CT molecular complexity index is 1270. The fraction of sp³-hybridized carbons (Fsp3) is 0.143. The van der Waals surface area contributed by atoms with Gasteiger partial charge in [0.1, 0.15) is 0 Å². The van der Waals surface area contributed by atoms with Gasteiger partial charge in [0.15, 0.2) is 0 Å². The van der Waals surface area contributed by atoms with Gasteiger partial charge < -0.3 is 24.8 Å². The molecule has 7 rings (SSSR count). The van der Waals surface area contributed by atoms with Crippen LogP contribution in [0.1, 0.15) is 30.7 Å². The first-order valence-corrected chi connectivity index (χ1v) is 15.7. The fourth-order valence-electron chi connectivity index (χ4n) is 6.27. The van der Waals surface area contributed by atoms with Crippen molar-refractivity contribution >= 4 is 18.4 Å². The maximum atomic E-state index is 2.59. The van der Waals surface area contributed by atoms with E-state index in [-0.39, 0.29) is 44.0 Å². The molecule has 32 heavy (non-hydrogen) atoms. The summed E-state index contributed by atoms with van der Waals surface area (Å²) in [5.41, 5.74) is 12.6. The summed E-state index contributed by atoms with van der Waals surface area (Å²) >= 11 is -0.312. The van der Waals surface area contributed by atoms with Gasteiger partial charge in [0.25, 0.3) is 0 Å². The fourth-order valence-corrected chi connectivity index (χ4v) is 13.3. The van der Waals surface area contributed by atoms with Crippen molar-refractivity contribution < 1.29 is 44.0 Å². The first-order valence-electron chi connectivity index (χ1n) is 10.9. The summed E-state index contributed by atoms with van der Waals surface area (Å²) in [5, 5.41) is 3.35. The largest absolute Gasteiger partial charge is 1.00 e. The predicted octanol–water partition coefficient (Wildman–Crippen LogP) is -0.247. The molecule has 4 aromatic carbocycles. The van der Waals surface area contributed by atoms with Gasteiger partial charge >= 0.3 is 189 Å². The van der Waals surface area contributed by atoms with Crippen LogP contribution in [0.25, 0.3) is 22.3 Å². The third-order valence-electron chi connectivity index (χ3n) is 7.59. The van der Waals surface area contributed by atoms with Crippen molar-refractivity contribution in [2.75, 3.05) is 0 Å². The van der Waals surface area contributed by atoms with E-state index >= 15 is 0 Å². The molecule has 0 spiro atoms. The Hall–Kier alpha value is -1.61. The molecule has 2 aliphatic carbocycles. The molecule has 2 unspecified atom stereocenters. The van der Waals surface area contributed by atoms with E-state index in [1.165, 1.54) is 22.3 Å². The Kier molecular flexibility index (Phi) is 5.36. The second-order valence-corrected chi connectivity index (χ2v) is 16.0. The van der Waals surface area contributed by atoms with Crippen molar-refractivity contribution in [3.8, 4) is 22.3 Å². The van der Waals surface area contributed by atoms with Crippen molar-refractivity contribution in [1.82, 2.24) is 0 Å². The van der Waals surface area contributed by atoms with Crippen LogP contribution in [-0.4, -0.2) is 8.07 Å². The van der Waals surface area contributed by atoms with Crippen LogP contribution in [-0.2, 0) is 19.2 Å². The molecule has 0 nitrogen and oxygen atoms in total. The summed E-state index contributed by atoms with van der Waals surface area (Å²) in [6, 6.07) is 32.8. The first kappa shape index (κ1) is 22.2. The zero-order valence-corrected chi connectivity index (χ0v) is 22.1. The minimum atomic E-state index is -1.84. The predicted molar refractivity (Wildman–Crippen MR) is 124 cm³/mol. The van der Waals surface area contributed by atoms with Crippen molar-refractivity contribution in [3.63, 3.8) is 0 Å². The molecule has 0 amide bonds. The van der Waals surface area contributed by atoms with Crippen LogP contribution in [0.5, 0.6) is 0 Å². The molecule has 0 saturated carbocycles. The number of fused-ring (bicyclic) bond motifs is 6. The number of hydrogen-bond donors (Lipinski definition) is 0. The van der Waals surface area contributed by atoms with Gasteiger partial charge in [-0.25, -0.2) is 0 Å². The number of halogens is 2. The van der Waals surface area contributed by atoms with Crippen molar-refractivity contribution in [1.29, 1.82) is 0 Å². The Morgan fingerprint density at radius 1 is 0.531 bits per heavy atom. The minimum Gasteiger partial charge on any atom is -1.00 e. The van der Waals surface area contributed by atoms with Gasteiger partial charge in [0.2, 0.25) is 0 Å². The van der Waals surface area contributed by atoms with Crippen LogP contribution < -0.4 is 35.2 Å². The van der Waals surface area contributed by atoms with E-state index in [9.17, 15) is 0 Å². The molecule has 4 heteroatoms. The van der Waals surface area contributed by atoms with Crippen LogP contribution in [0.4, 0.5) is 0 Å². The molecular formula is C28H22Cl2SiTi. The van der Waals surface area contributed by atoms with E-state index in [0.29, 0.717) is 8.45 Å². The van der Waals surface area contributed by atoms with E-state index in [1.54, 1.807) is 32.6 Å². The summed E-state index contributed by atoms with van der Waals surface area (Å²) in [7, 11) is -1.84. The normalized spacial score (nSPS) is 19.3. The molecule has 0 N–H and O–H groups in total. The summed E-state index contributed by atoms with van der Waals surface area (Å²) in [6.07, 6.45) is 0. The Balaban J connectivity index is 0.00000108. The van der Waals surface area contributed by atoms with Crippen LogP contribution in [0.3, 0.4) is 0 Å². The van der Waals surface area contributed by atoms with E-state index < -0.39 is 8.07 Å². The molecule has 1 aliphatic heterocycles. The third-order valence-corrected chi connectivity index (χ3v) is 14.1. The summed E-state index contributed by atoms with van der Waals surface area (Å²) in [6.45, 7) is 5.17. The molecule has 0 bridgehead atoms. The summed E-state index contributed by atoms with van der Waals surface area (Å²) in [4.78, 5) is 0. The molecule has 2 atom stereocenters. The van der Waals surface area contributed by atoms with Crippen LogP contribution in [0.2, 0.25) is 13.1 Å². The zero-order chi connectivity index (χ0) is 20.0. The van der Waals surface area contributed by atoms with E-state index in [1.807, 2.05) is 0 Å². The average Bonchev–Trinajstić information content (AvgIpc) is 3.27. The molecule has 1 heterocycles. The van der Waals surface area contributed by atoms with Crippen LogP contribution in [0, 0.1) is 0 Å². The van der Waals surface area contributed by atoms with Gasteiger partial charge in [0.05, 0.1) is 0 Å². The van der Waals surface area contributed by atoms with Crippen LogP contribution in [0.15, 0.2) is 84.9 Å². The quantitative estimate of drug-likeness (QED) is 0.290. The first-order chi connectivity index (χ1) is 14.7. The van der Waals surface area contributed by atoms with Crippen molar-refractivity contribution in [2.24, 2.45) is 0 Å². The Labute approximate surface area is 212 Å². The van der Waals surface area contributed by atoms with Gasteiger partial charge in [-0.05, 0) is 0 Å². The molecule has 0 radical (unpaired) electrons. The monoisotopic (exact) mass is 504 g/mol. The second-order valence-electron chi connectivity index (χ2n) is 9.37. The maximum absolute atomic E-state index is 2.59. The molecule has 0 aromatic heterocycles. The van der Waals surface area contributed by atoms with E-state index in [2.05, 4.69) is 98.0 Å². The van der Waals surface area contributed by atoms with Gasteiger partial charge in [-0.3, -0.25) is 0 Å². The number of benzene rings is 4.